The van der Waals surface area contributed by atoms with E-state index in [0.717, 1.165) is 5.56 Å². The molecule has 0 amide bonds. The highest BCUT2D eigenvalue weighted by atomic mass is 16.5. The Bertz CT molecular complexity index is 1480. The lowest BCUT2D eigenvalue weighted by Gasteiger charge is -2.31. The molecule has 0 spiro atoms. The quantitative estimate of drug-likeness (QED) is 0.265. The number of phenols is 2. The molecule has 2 aromatic carbocycles. The summed E-state index contributed by atoms with van der Waals surface area (Å²) < 4.78 is 16.6. The molecule has 0 fully saturated rings. The minimum Gasteiger partial charge on any atom is -0.507 e. The molecule has 1 aliphatic heterocycles. The van der Waals surface area contributed by atoms with Crippen molar-refractivity contribution in [1.29, 1.82) is 0 Å². The molecule has 0 saturated carbocycles. The van der Waals surface area contributed by atoms with Crippen LogP contribution in [-0.2, 0) is 15.0 Å². The molecule has 3 N–H and O–H groups in total. The number of fused-ring (bicyclic) bond motifs is 3. The number of nitrogens with one attached hydrogen (secondary N) is 1. The van der Waals surface area contributed by atoms with Gasteiger partial charge in [0.25, 0.3) is 0 Å². The van der Waals surface area contributed by atoms with Crippen molar-refractivity contribution in [1.82, 2.24) is 5.32 Å². The van der Waals surface area contributed by atoms with E-state index < -0.39 is 28.5 Å². The van der Waals surface area contributed by atoms with Crippen molar-refractivity contribution in [3.63, 3.8) is 0 Å². The third-order valence-electron chi connectivity index (χ3n) is 7.57. The van der Waals surface area contributed by atoms with Crippen LogP contribution in [0.1, 0.15) is 67.7 Å². The molecule has 2 aromatic rings. The summed E-state index contributed by atoms with van der Waals surface area (Å²) in [5, 5.41) is 24.9. The normalized spacial score (nSPS) is 20.1. The van der Waals surface area contributed by atoms with Gasteiger partial charge in [-0.1, -0.05) is 19.9 Å². The van der Waals surface area contributed by atoms with E-state index in [-0.39, 0.29) is 51.5 Å². The maximum Gasteiger partial charge on any atom is 0.194 e. The van der Waals surface area contributed by atoms with Gasteiger partial charge in [-0.15, -0.1) is 0 Å². The van der Waals surface area contributed by atoms with Crippen LogP contribution in [0.25, 0.3) is 0 Å². The van der Waals surface area contributed by atoms with Crippen molar-refractivity contribution in [2.45, 2.75) is 53.0 Å². The van der Waals surface area contributed by atoms with Gasteiger partial charge in [0.05, 0.1) is 31.4 Å². The number of methoxy groups -OCH3 is 2. The van der Waals surface area contributed by atoms with E-state index in [1.54, 1.807) is 34.1 Å². The molecule has 2 aliphatic rings. The summed E-state index contributed by atoms with van der Waals surface area (Å²) >= 11 is 0. The Kier molecular flexibility index (Phi) is 6.97. The molecule has 1 heterocycles. The van der Waals surface area contributed by atoms with Gasteiger partial charge in [-0.25, -0.2) is 0 Å². The summed E-state index contributed by atoms with van der Waals surface area (Å²) in [6.07, 6.45) is 1.21. The second-order valence-electron chi connectivity index (χ2n) is 10.4. The van der Waals surface area contributed by atoms with E-state index in [2.05, 4.69) is 5.32 Å². The Morgan fingerprint density at radius 2 is 1.69 bits per heavy atom. The Labute approximate surface area is 227 Å². The van der Waals surface area contributed by atoms with Gasteiger partial charge >= 0.3 is 0 Å². The van der Waals surface area contributed by atoms with Crippen molar-refractivity contribution >= 4 is 17.3 Å². The van der Waals surface area contributed by atoms with E-state index in [9.17, 15) is 24.6 Å². The van der Waals surface area contributed by atoms with Crippen LogP contribution in [0, 0.1) is 12.8 Å². The number of benzene rings is 2. The van der Waals surface area contributed by atoms with Crippen LogP contribution in [0.15, 0.2) is 41.3 Å². The fraction of sp³-hybridized carbons (Fsp3) is 0.367. The fourth-order valence-corrected chi connectivity index (χ4v) is 5.35. The lowest BCUT2D eigenvalue weighted by molar-refractivity contribution is -0.123. The second kappa shape index (κ2) is 9.80. The first-order valence-corrected chi connectivity index (χ1v) is 12.6. The van der Waals surface area contributed by atoms with E-state index in [1.807, 2.05) is 26.0 Å². The molecular weight excluding hydrogens is 502 g/mol. The first kappa shape index (κ1) is 27.8. The Morgan fingerprint density at radius 1 is 1.05 bits per heavy atom. The molecule has 0 aromatic heterocycles. The molecule has 0 radical (unpaired) electrons. The lowest BCUT2D eigenvalue weighted by atomic mass is 9.70. The highest BCUT2D eigenvalue weighted by Crippen LogP contribution is 2.57. The molecule has 2 atom stereocenters. The van der Waals surface area contributed by atoms with Crippen molar-refractivity contribution in [2.75, 3.05) is 14.2 Å². The first-order valence-electron chi connectivity index (χ1n) is 12.6. The summed E-state index contributed by atoms with van der Waals surface area (Å²) in [6.45, 7) is 9.91. The second-order valence-corrected chi connectivity index (χ2v) is 10.4. The molecule has 9 heteroatoms. The average Bonchev–Trinajstić information content (AvgIpc) is 3.17. The molecular formula is C30H33NO8. The number of Topliss-reactive ketones (excluding diaryl/α,β-unsaturated/α-hetero) is 2. The molecule has 39 heavy (non-hydrogen) atoms. The van der Waals surface area contributed by atoms with Gasteiger partial charge in [-0.2, -0.15) is 0 Å². The number of hydrogen-bond donors (Lipinski definition) is 3. The van der Waals surface area contributed by atoms with Gasteiger partial charge in [0.2, 0.25) is 0 Å². The Hall–Kier alpha value is -4.27. The number of phenolic OH excluding ortho intramolecular Hbond substituents is 2. The largest absolute Gasteiger partial charge is 0.507 e. The highest BCUT2D eigenvalue weighted by Gasteiger charge is 2.56. The predicted molar refractivity (Wildman–Crippen MR) is 144 cm³/mol. The summed E-state index contributed by atoms with van der Waals surface area (Å²) in [7, 11) is 3.10. The standard InChI is InChI=1S/C30H33NO8/c1-13(2)25(17-9-10-19(37-7)20(11-17)38-8)31-15(4)22-18(33)12-21-30(6,29(22)36)24-27(35)14(3)26(34)23(16(5)32)28(24)39-21/h9-13,25,31,34-35H,1-8H3/b22-15+/t25?,30-/m0/s1. The molecule has 0 saturated heterocycles. The van der Waals surface area contributed by atoms with Crippen LogP contribution in [0.3, 0.4) is 0 Å². The van der Waals surface area contributed by atoms with Crippen molar-refractivity contribution < 1.29 is 38.8 Å². The minimum absolute atomic E-state index is 0.00727. The number of carbonyl (C=O) groups is 3. The zero-order valence-electron chi connectivity index (χ0n) is 23.3. The minimum atomic E-state index is -1.58. The maximum absolute atomic E-state index is 14.1. The Morgan fingerprint density at radius 3 is 2.26 bits per heavy atom. The zero-order chi connectivity index (χ0) is 29.0. The van der Waals surface area contributed by atoms with Crippen molar-refractivity contribution in [2.24, 2.45) is 5.92 Å². The number of hydrogen-bond acceptors (Lipinski definition) is 9. The van der Waals surface area contributed by atoms with Gasteiger partial charge in [-0.3, -0.25) is 14.4 Å². The summed E-state index contributed by atoms with van der Waals surface area (Å²) in [6, 6.07) is 5.23. The number of ether oxygens (including phenoxy) is 3. The Balaban J connectivity index is 1.84. The van der Waals surface area contributed by atoms with Gasteiger partial charge in [0.1, 0.15) is 34.0 Å². The fourth-order valence-electron chi connectivity index (χ4n) is 5.35. The van der Waals surface area contributed by atoms with Gasteiger partial charge in [-0.05, 0) is 51.3 Å². The number of carbonyl (C=O) groups excluding carboxylic acids is 3. The van der Waals surface area contributed by atoms with Gasteiger partial charge in [0.15, 0.2) is 28.8 Å². The highest BCUT2D eigenvalue weighted by molar-refractivity contribution is 6.31. The van der Waals surface area contributed by atoms with Crippen LogP contribution < -0.4 is 19.5 Å². The summed E-state index contributed by atoms with van der Waals surface area (Å²) in [5.41, 5.74) is -0.495. The summed E-state index contributed by atoms with van der Waals surface area (Å²) in [4.78, 5) is 39.8. The molecule has 9 nitrogen and oxygen atoms in total. The van der Waals surface area contributed by atoms with Crippen molar-refractivity contribution in [3.05, 3.63) is 63.6 Å². The van der Waals surface area contributed by atoms with E-state index in [4.69, 9.17) is 14.2 Å². The number of rotatable bonds is 7. The topological polar surface area (TPSA) is 131 Å². The number of allylic oxidation sites excluding steroid dienone is 4. The molecule has 206 valence electrons. The first-order chi connectivity index (χ1) is 18.3. The molecule has 1 aliphatic carbocycles. The third-order valence-corrected chi connectivity index (χ3v) is 7.57. The number of ketones is 3. The monoisotopic (exact) mass is 535 g/mol. The molecule has 0 bridgehead atoms. The zero-order valence-corrected chi connectivity index (χ0v) is 23.3. The van der Waals surface area contributed by atoms with E-state index >= 15 is 0 Å². The third kappa shape index (κ3) is 4.13. The number of aromatic hydroxyl groups is 2. The lowest BCUT2D eigenvalue weighted by Crippen LogP contribution is -2.41. The SMILES string of the molecule is COc1ccc(C(N/C(C)=C2\C(=O)C=C3Oc4c(C(C)=O)c(O)c(C)c(O)c4[C@@]3(C)C2=O)C(C)C)cc1OC. The van der Waals surface area contributed by atoms with Crippen LogP contribution >= 0.6 is 0 Å². The molecule has 1 unspecified atom stereocenters. The van der Waals surface area contributed by atoms with Gasteiger partial charge < -0.3 is 29.7 Å². The van der Waals surface area contributed by atoms with E-state index in [0.29, 0.717) is 17.2 Å². The van der Waals surface area contributed by atoms with E-state index in [1.165, 1.54) is 19.9 Å². The average molecular weight is 536 g/mol. The molecule has 4 rings (SSSR count). The summed E-state index contributed by atoms with van der Waals surface area (Å²) in [5.74, 6) is -1.39. The van der Waals surface area contributed by atoms with Crippen LogP contribution in [0.5, 0.6) is 28.7 Å². The predicted octanol–water partition coefficient (Wildman–Crippen LogP) is 4.57. The van der Waals surface area contributed by atoms with Crippen LogP contribution in [-0.4, -0.2) is 41.8 Å². The van der Waals surface area contributed by atoms with Gasteiger partial charge in [0, 0.05) is 17.3 Å². The smallest absolute Gasteiger partial charge is 0.194 e. The van der Waals surface area contributed by atoms with Crippen LogP contribution in [0.2, 0.25) is 0 Å². The van der Waals surface area contributed by atoms with Crippen molar-refractivity contribution in [3.8, 4) is 28.7 Å². The van der Waals surface area contributed by atoms with Crippen LogP contribution in [0.4, 0.5) is 0 Å². The maximum atomic E-state index is 14.1.